The SMILES string of the molecule is Nc1cc([N+](=O)[O-])c(C(=O)CBr)cc1O. The molecule has 1 aromatic rings. The first kappa shape index (κ1) is 11.4. The average Bonchev–Trinajstić information content (AvgIpc) is 2.20. The summed E-state index contributed by atoms with van der Waals surface area (Å²) in [4.78, 5) is 21.2. The topological polar surface area (TPSA) is 106 Å². The van der Waals surface area contributed by atoms with Crippen LogP contribution < -0.4 is 5.73 Å². The highest BCUT2D eigenvalue weighted by molar-refractivity contribution is 9.09. The second-order valence-electron chi connectivity index (χ2n) is 2.74. The van der Waals surface area contributed by atoms with Crippen LogP contribution in [0.25, 0.3) is 0 Å². The monoisotopic (exact) mass is 274 g/mol. The minimum absolute atomic E-state index is 0.0583. The van der Waals surface area contributed by atoms with Crippen molar-refractivity contribution in [1.29, 1.82) is 0 Å². The molecule has 6 nitrogen and oxygen atoms in total. The number of carbonyl (C=O) groups excluding carboxylic acids is 1. The summed E-state index contributed by atoms with van der Waals surface area (Å²) in [5.74, 6) is -0.832. The van der Waals surface area contributed by atoms with Gasteiger partial charge in [-0.3, -0.25) is 14.9 Å². The van der Waals surface area contributed by atoms with Gasteiger partial charge in [0.25, 0.3) is 5.69 Å². The molecule has 0 heterocycles. The number of nitrogens with two attached hydrogens (primary N) is 1. The number of benzene rings is 1. The zero-order valence-electron chi connectivity index (χ0n) is 7.44. The number of hydrogen-bond donors (Lipinski definition) is 2. The summed E-state index contributed by atoms with van der Waals surface area (Å²) in [7, 11) is 0. The largest absolute Gasteiger partial charge is 0.506 e. The number of Topliss-reactive ketones (excluding diaryl/α,β-unsaturated/α-hetero) is 1. The Morgan fingerprint density at radius 3 is 2.67 bits per heavy atom. The molecule has 0 amide bonds. The van der Waals surface area contributed by atoms with Crippen molar-refractivity contribution < 1.29 is 14.8 Å². The van der Waals surface area contributed by atoms with Gasteiger partial charge in [-0.15, -0.1) is 0 Å². The molecule has 80 valence electrons. The lowest BCUT2D eigenvalue weighted by molar-refractivity contribution is -0.385. The van der Waals surface area contributed by atoms with E-state index < -0.39 is 16.4 Å². The molecule has 0 aliphatic carbocycles. The third-order valence-electron chi connectivity index (χ3n) is 1.76. The van der Waals surface area contributed by atoms with Crippen LogP contribution in [-0.4, -0.2) is 21.1 Å². The van der Waals surface area contributed by atoms with Crippen LogP contribution in [0.1, 0.15) is 10.4 Å². The van der Waals surface area contributed by atoms with Gasteiger partial charge in [-0.1, -0.05) is 15.9 Å². The van der Waals surface area contributed by atoms with Crippen LogP contribution in [0.5, 0.6) is 5.75 Å². The van der Waals surface area contributed by atoms with Crippen LogP contribution in [0.2, 0.25) is 0 Å². The maximum absolute atomic E-state index is 11.3. The van der Waals surface area contributed by atoms with Crippen molar-refractivity contribution in [2.24, 2.45) is 0 Å². The van der Waals surface area contributed by atoms with E-state index in [0.717, 1.165) is 12.1 Å². The van der Waals surface area contributed by atoms with Crippen LogP contribution in [0.3, 0.4) is 0 Å². The second kappa shape index (κ2) is 4.26. The number of halogens is 1. The summed E-state index contributed by atoms with van der Waals surface area (Å²) in [6.07, 6.45) is 0. The zero-order valence-corrected chi connectivity index (χ0v) is 9.02. The fourth-order valence-corrected chi connectivity index (χ4v) is 1.34. The van der Waals surface area contributed by atoms with E-state index in [2.05, 4.69) is 15.9 Å². The summed E-state index contributed by atoms with van der Waals surface area (Å²) in [6, 6.07) is 1.96. The van der Waals surface area contributed by atoms with Gasteiger partial charge >= 0.3 is 0 Å². The van der Waals surface area contributed by atoms with Crippen molar-refractivity contribution >= 4 is 33.1 Å². The predicted molar refractivity (Wildman–Crippen MR) is 57.3 cm³/mol. The molecule has 15 heavy (non-hydrogen) atoms. The molecule has 0 radical (unpaired) electrons. The van der Waals surface area contributed by atoms with Gasteiger partial charge in [0.15, 0.2) is 5.78 Å². The molecule has 0 bridgehead atoms. The van der Waals surface area contributed by atoms with Gasteiger partial charge in [-0.2, -0.15) is 0 Å². The van der Waals surface area contributed by atoms with Crippen molar-refractivity contribution in [1.82, 2.24) is 0 Å². The number of nitrogens with zero attached hydrogens (tertiary/aromatic N) is 1. The number of aromatic hydroxyl groups is 1. The number of hydrogen-bond acceptors (Lipinski definition) is 5. The Hall–Kier alpha value is -1.63. The molecule has 0 spiro atoms. The van der Waals surface area contributed by atoms with Crippen LogP contribution in [0.15, 0.2) is 12.1 Å². The van der Waals surface area contributed by atoms with E-state index in [1.54, 1.807) is 0 Å². The van der Waals surface area contributed by atoms with Gasteiger partial charge in [0.1, 0.15) is 5.75 Å². The highest BCUT2D eigenvalue weighted by Crippen LogP contribution is 2.30. The van der Waals surface area contributed by atoms with E-state index in [1.807, 2.05) is 0 Å². The van der Waals surface area contributed by atoms with Crippen molar-refractivity contribution in [3.63, 3.8) is 0 Å². The Labute approximate surface area is 93.0 Å². The predicted octanol–water partition coefficient (Wildman–Crippen LogP) is 1.46. The summed E-state index contributed by atoms with van der Waals surface area (Å²) < 4.78 is 0. The molecule has 7 heteroatoms. The van der Waals surface area contributed by atoms with Crippen LogP contribution >= 0.6 is 15.9 Å². The van der Waals surface area contributed by atoms with Crippen LogP contribution in [0, 0.1) is 10.1 Å². The number of carbonyl (C=O) groups is 1. The summed E-state index contributed by atoms with van der Waals surface area (Å²) in [5.41, 5.74) is 4.59. The molecule has 0 aromatic heterocycles. The quantitative estimate of drug-likeness (QED) is 0.217. The number of phenolic OH excluding ortho intramolecular Hbond substituents is 1. The number of nitro benzene ring substituents is 1. The highest BCUT2D eigenvalue weighted by Gasteiger charge is 2.21. The minimum Gasteiger partial charge on any atom is -0.506 e. The van der Waals surface area contributed by atoms with E-state index in [0.29, 0.717) is 0 Å². The van der Waals surface area contributed by atoms with Crippen molar-refractivity contribution in [3.05, 3.63) is 27.8 Å². The molecule has 0 aliphatic heterocycles. The van der Waals surface area contributed by atoms with Gasteiger partial charge in [0.05, 0.1) is 21.5 Å². The number of phenols is 1. The molecular weight excluding hydrogens is 268 g/mol. The number of ketones is 1. The Bertz CT molecular complexity index is 433. The molecule has 1 rings (SSSR count). The first-order valence-electron chi connectivity index (χ1n) is 3.83. The van der Waals surface area contributed by atoms with Crippen molar-refractivity contribution in [2.75, 3.05) is 11.1 Å². The van der Waals surface area contributed by atoms with Gasteiger partial charge in [-0.25, -0.2) is 0 Å². The fraction of sp³-hybridized carbons (Fsp3) is 0.125. The molecule has 0 aliphatic rings. The Morgan fingerprint density at radius 2 is 2.20 bits per heavy atom. The average molecular weight is 275 g/mol. The van der Waals surface area contributed by atoms with Gasteiger partial charge < -0.3 is 10.8 Å². The van der Waals surface area contributed by atoms with Gasteiger partial charge in [-0.05, 0) is 6.07 Å². The third-order valence-corrected chi connectivity index (χ3v) is 2.27. The Kier molecular flexibility index (Phi) is 3.25. The number of anilines is 1. The molecular formula is C8H7BrN2O4. The summed E-state index contributed by atoms with van der Waals surface area (Å²) in [5, 5.41) is 19.8. The lowest BCUT2D eigenvalue weighted by Crippen LogP contribution is -2.05. The third kappa shape index (κ3) is 2.24. The van der Waals surface area contributed by atoms with Gasteiger partial charge in [0.2, 0.25) is 0 Å². The van der Waals surface area contributed by atoms with Crippen molar-refractivity contribution in [3.8, 4) is 5.75 Å². The first-order valence-corrected chi connectivity index (χ1v) is 4.95. The van der Waals surface area contributed by atoms with Crippen molar-refractivity contribution in [2.45, 2.75) is 0 Å². The normalized spacial score (nSPS) is 9.93. The molecule has 0 unspecified atom stereocenters. The second-order valence-corrected chi connectivity index (χ2v) is 3.30. The lowest BCUT2D eigenvalue weighted by atomic mass is 10.1. The highest BCUT2D eigenvalue weighted by atomic mass is 79.9. The molecule has 0 saturated carbocycles. The summed E-state index contributed by atoms with van der Waals surface area (Å²) >= 11 is 2.89. The van der Waals surface area contributed by atoms with E-state index in [9.17, 15) is 20.0 Å². The number of nitro groups is 1. The first-order chi connectivity index (χ1) is 6.97. The minimum atomic E-state index is -0.717. The fourth-order valence-electron chi connectivity index (χ4n) is 1.04. The molecule has 0 atom stereocenters. The van der Waals surface area contributed by atoms with E-state index in [1.165, 1.54) is 0 Å². The maximum atomic E-state index is 11.3. The molecule has 0 fully saturated rings. The standard InChI is InChI=1S/C8H7BrN2O4/c9-3-8(13)4-1-7(12)5(10)2-6(4)11(14)15/h1-2,12H,3,10H2. The Balaban J connectivity index is 3.41. The van der Waals surface area contributed by atoms with E-state index in [-0.39, 0.29) is 22.3 Å². The smallest absolute Gasteiger partial charge is 0.282 e. The lowest BCUT2D eigenvalue weighted by Gasteiger charge is -2.03. The zero-order chi connectivity index (χ0) is 11.6. The maximum Gasteiger partial charge on any atom is 0.282 e. The molecule has 3 N–H and O–H groups in total. The van der Waals surface area contributed by atoms with Crippen LogP contribution in [-0.2, 0) is 0 Å². The summed E-state index contributed by atoms with van der Waals surface area (Å²) in [6.45, 7) is 0. The van der Waals surface area contributed by atoms with E-state index in [4.69, 9.17) is 5.73 Å². The number of rotatable bonds is 3. The number of alkyl halides is 1. The van der Waals surface area contributed by atoms with Gasteiger partial charge in [0, 0.05) is 6.07 Å². The van der Waals surface area contributed by atoms with Crippen LogP contribution in [0.4, 0.5) is 11.4 Å². The number of nitrogen functional groups attached to an aromatic ring is 1. The molecule has 1 aromatic carbocycles. The Morgan fingerprint density at radius 1 is 1.60 bits per heavy atom. The molecule has 0 saturated heterocycles. The van der Waals surface area contributed by atoms with E-state index >= 15 is 0 Å².